The number of nitrogens with zero attached hydrogens (tertiary/aromatic N) is 3. The molecule has 0 radical (unpaired) electrons. The number of benzene rings is 4. The van der Waals surface area contributed by atoms with Gasteiger partial charge in [-0.25, -0.2) is 0 Å². The maximum Gasteiger partial charge on any atom is 0.223 e. The number of carbonyl (C=O) groups excluding carboxylic acids is 4. The highest BCUT2D eigenvalue weighted by Crippen LogP contribution is 2.37. The van der Waals surface area contributed by atoms with Gasteiger partial charge < -0.3 is 30.7 Å². The van der Waals surface area contributed by atoms with Gasteiger partial charge in [0.15, 0.2) is 0 Å². The van der Waals surface area contributed by atoms with Crippen LogP contribution in [0.3, 0.4) is 0 Å². The van der Waals surface area contributed by atoms with Crippen LogP contribution in [0.2, 0.25) is 10.0 Å². The molecule has 0 heterocycles. The zero-order valence-corrected chi connectivity index (χ0v) is 42.9. The lowest BCUT2D eigenvalue weighted by Crippen LogP contribution is -2.52. The average molecular weight is 968 g/mol. The van der Waals surface area contributed by atoms with Gasteiger partial charge in [-0.15, -0.1) is 0 Å². The van der Waals surface area contributed by atoms with Gasteiger partial charge in [0, 0.05) is 79.0 Å². The first-order valence-electron chi connectivity index (χ1n) is 24.6. The second-order valence-electron chi connectivity index (χ2n) is 19.7. The van der Waals surface area contributed by atoms with E-state index < -0.39 is 0 Å². The molecule has 2 aliphatic rings. The van der Waals surface area contributed by atoms with Crippen molar-refractivity contribution in [2.45, 2.75) is 139 Å². The smallest absolute Gasteiger partial charge is 0.223 e. The first-order chi connectivity index (χ1) is 32.5. The maximum atomic E-state index is 12.5. The van der Waals surface area contributed by atoms with E-state index >= 15 is 0 Å². The number of likely N-dealkylation sites (N-methyl/N-ethyl adjacent to an activating group) is 2. The summed E-state index contributed by atoms with van der Waals surface area (Å²) >= 11 is 12.1. The summed E-state index contributed by atoms with van der Waals surface area (Å²) in [5.41, 5.74) is 5.05. The van der Waals surface area contributed by atoms with Crippen molar-refractivity contribution in [3.63, 3.8) is 0 Å². The molecule has 0 aliphatic heterocycles. The summed E-state index contributed by atoms with van der Waals surface area (Å²) in [4.78, 5) is 56.0. The Morgan fingerprint density at radius 2 is 1.06 bits per heavy atom. The highest BCUT2D eigenvalue weighted by atomic mass is 35.5. The van der Waals surface area contributed by atoms with Crippen molar-refractivity contribution >= 4 is 46.8 Å². The first kappa shape index (κ1) is 54.2. The SMILES string of the molecule is CC(CNC(=O)CCCC(=O)NC1CCC(Cc2ccccc2)(N(C)C)CC1)c1ccc(Cl)cc1.CN(Cc1ccccc1)C(=O)CCC(=O)NC1CCC(Cc2cccc(Cl)c2)(N(C)C)CC1. The summed E-state index contributed by atoms with van der Waals surface area (Å²) in [6.07, 6.45) is 11.8. The summed E-state index contributed by atoms with van der Waals surface area (Å²) in [5.74, 6) is 0.215. The van der Waals surface area contributed by atoms with E-state index in [2.05, 4.69) is 97.3 Å². The number of hydrogen-bond acceptors (Lipinski definition) is 6. The molecule has 368 valence electrons. The van der Waals surface area contributed by atoms with Gasteiger partial charge in [0.2, 0.25) is 23.6 Å². The standard InChI is InChI=1S/C29H40ClN3O2.C27H36ClN3O2/c1-22(24-12-14-25(30)15-13-24)21-31-27(34)10-7-11-28(35)32-26-16-18-29(19-17-26,33(2)3)20-23-8-5-4-6-9-23;1-30(2)27(19-22-10-7-11-23(28)18-22)16-14-24(15-17-27)29-25(32)12-13-26(33)31(3)20-21-8-5-4-6-9-21/h4-6,8-9,12-15,22,26H,7,10-11,16-21H2,1-3H3,(H,31,34)(H,32,35);4-11,18,24H,12-17,19-20H2,1-3H3,(H,29,32). The van der Waals surface area contributed by atoms with E-state index in [1.54, 1.807) is 11.9 Å². The zero-order valence-electron chi connectivity index (χ0n) is 41.4. The van der Waals surface area contributed by atoms with Gasteiger partial charge in [0.25, 0.3) is 0 Å². The third-order valence-corrected chi connectivity index (χ3v) is 14.9. The lowest BCUT2D eigenvalue weighted by atomic mass is 9.75. The van der Waals surface area contributed by atoms with E-state index in [0.29, 0.717) is 37.4 Å². The average Bonchev–Trinajstić information content (AvgIpc) is 3.32. The van der Waals surface area contributed by atoms with E-state index in [9.17, 15) is 19.2 Å². The quantitative estimate of drug-likeness (QED) is 0.0813. The van der Waals surface area contributed by atoms with Crippen LogP contribution in [0.1, 0.15) is 119 Å². The highest BCUT2D eigenvalue weighted by molar-refractivity contribution is 6.30. The summed E-state index contributed by atoms with van der Waals surface area (Å²) in [6, 6.07) is 36.7. The lowest BCUT2D eigenvalue weighted by molar-refractivity contribution is -0.133. The third kappa shape index (κ3) is 17.3. The summed E-state index contributed by atoms with van der Waals surface area (Å²) in [7, 11) is 10.4. The fourth-order valence-corrected chi connectivity index (χ4v) is 10.1. The highest BCUT2D eigenvalue weighted by Gasteiger charge is 2.39. The Labute approximate surface area is 416 Å². The van der Waals surface area contributed by atoms with Crippen molar-refractivity contribution in [3.05, 3.63) is 141 Å². The first-order valence-corrected chi connectivity index (χ1v) is 25.3. The van der Waals surface area contributed by atoms with E-state index in [1.807, 2.05) is 72.8 Å². The summed E-state index contributed by atoms with van der Waals surface area (Å²) in [6.45, 7) is 3.21. The van der Waals surface area contributed by atoms with Gasteiger partial charge in [-0.2, -0.15) is 0 Å². The molecule has 10 nitrogen and oxygen atoms in total. The fourth-order valence-electron chi connectivity index (χ4n) is 9.80. The van der Waals surface area contributed by atoms with Crippen molar-refractivity contribution in [3.8, 4) is 0 Å². The number of rotatable bonds is 20. The van der Waals surface area contributed by atoms with Gasteiger partial charge in [0.05, 0.1) is 0 Å². The molecule has 4 aromatic carbocycles. The van der Waals surface area contributed by atoms with Crippen LogP contribution in [0.25, 0.3) is 0 Å². The second-order valence-corrected chi connectivity index (χ2v) is 20.6. The van der Waals surface area contributed by atoms with Crippen molar-refractivity contribution in [2.75, 3.05) is 41.8 Å². The predicted molar refractivity (Wildman–Crippen MR) is 278 cm³/mol. The Balaban J connectivity index is 0.000000255. The molecule has 6 rings (SSSR count). The van der Waals surface area contributed by atoms with Gasteiger partial charge in [-0.1, -0.05) is 115 Å². The van der Waals surface area contributed by atoms with Crippen LogP contribution in [0.4, 0.5) is 0 Å². The lowest BCUT2D eigenvalue weighted by Gasteiger charge is -2.45. The van der Waals surface area contributed by atoms with Crippen LogP contribution in [0, 0.1) is 0 Å². The molecule has 2 fully saturated rings. The fraction of sp³-hybridized carbons (Fsp3) is 0.500. The Bertz CT molecular complexity index is 2170. The normalized spacial score (nSPS) is 20.7. The van der Waals surface area contributed by atoms with Crippen molar-refractivity contribution < 1.29 is 19.2 Å². The maximum absolute atomic E-state index is 12.5. The summed E-state index contributed by atoms with van der Waals surface area (Å²) < 4.78 is 0. The van der Waals surface area contributed by atoms with Crippen LogP contribution in [0.5, 0.6) is 0 Å². The Morgan fingerprint density at radius 1 is 0.574 bits per heavy atom. The largest absolute Gasteiger partial charge is 0.356 e. The molecule has 3 N–H and O–H groups in total. The minimum atomic E-state index is -0.0337. The molecule has 68 heavy (non-hydrogen) atoms. The minimum Gasteiger partial charge on any atom is -0.356 e. The molecular weight excluding hydrogens is 892 g/mol. The molecule has 2 saturated carbocycles. The van der Waals surface area contributed by atoms with Crippen molar-refractivity contribution in [2.24, 2.45) is 0 Å². The molecular formula is C56H76Cl2N6O4. The van der Waals surface area contributed by atoms with Crippen LogP contribution < -0.4 is 16.0 Å². The molecule has 2 aliphatic carbocycles. The van der Waals surface area contributed by atoms with E-state index in [1.165, 1.54) is 11.1 Å². The minimum absolute atomic E-state index is 0.00652. The van der Waals surface area contributed by atoms with Gasteiger partial charge in [-0.3, -0.25) is 19.2 Å². The van der Waals surface area contributed by atoms with Gasteiger partial charge >= 0.3 is 0 Å². The molecule has 0 spiro atoms. The van der Waals surface area contributed by atoms with Crippen molar-refractivity contribution in [1.82, 2.24) is 30.7 Å². The van der Waals surface area contributed by atoms with Gasteiger partial charge in [-0.05, 0) is 151 Å². The van der Waals surface area contributed by atoms with Crippen molar-refractivity contribution in [1.29, 1.82) is 0 Å². The molecule has 1 unspecified atom stereocenters. The molecule has 0 aromatic heterocycles. The monoisotopic (exact) mass is 967 g/mol. The number of halogens is 2. The molecule has 0 saturated heterocycles. The molecule has 4 aromatic rings. The molecule has 0 bridgehead atoms. The van der Waals surface area contributed by atoms with E-state index in [-0.39, 0.29) is 65.5 Å². The topological polar surface area (TPSA) is 114 Å². The Morgan fingerprint density at radius 3 is 1.59 bits per heavy atom. The van der Waals surface area contributed by atoms with Crippen LogP contribution in [0.15, 0.2) is 109 Å². The van der Waals surface area contributed by atoms with Gasteiger partial charge in [0.1, 0.15) is 0 Å². The number of carbonyl (C=O) groups is 4. The molecule has 1 atom stereocenters. The molecule has 12 heteroatoms. The summed E-state index contributed by atoms with van der Waals surface area (Å²) in [5, 5.41) is 10.8. The number of hydrogen-bond donors (Lipinski definition) is 3. The number of amides is 4. The second kappa shape index (κ2) is 26.9. The van der Waals surface area contributed by atoms with Crippen LogP contribution in [-0.4, -0.2) is 103 Å². The number of nitrogens with one attached hydrogen (secondary N) is 3. The third-order valence-electron chi connectivity index (χ3n) is 14.4. The molecule has 4 amide bonds. The Kier molecular flexibility index (Phi) is 21.4. The van der Waals surface area contributed by atoms with Crippen LogP contribution in [-0.2, 0) is 38.6 Å². The Hall–Kier alpha value is -4.74. The zero-order chi connectivity index (χ0) is 49.1. The van der Waals surface area contributed by atoms with E-state index in [4.69, 9.17) is 23.2 Å². The predicted octanol–water partition coefficient (Wildman–Crippen LogP) is 10.0. The van der Waals surface area contributed by atoms with E-state index in [0.717, 1.165) is 80.4 Å². The van der Waals surface area contributed by atoms with Crippen LogP contribution >= 0.6 is 23.2 Å².